The van der Waals surface area contributed by atoms with Crippen LogP contribution >= 0.6 is 27.5 Å². The fourth-order valence-electron chi connectivity index (χ4n) is 3.12. The average Bonchev–Trinajstić information content (AvgIpc) is 2.68. The molecule has 7 nitrogen and oxygen atoms in total. The second-order valence-corrected chi connectivity index (χ2v) is 10.4. The van der Waals surface area contributed by atoms with E-state index in [-0.39, 0.29) is 12.5 Å². The Morgan fingerprint density at radius 2 is 1.87 bits per heavy atom. The van der Waals surface area contributed by atoms with Crippen LogP contribution < -0.4 is 9.62 Å². The van der Waals surface area contributed by atoms with Crippen LogP contribution in [0.2, 0.25) is 5.02 Å². The number of nitrogens with zero attached hydrogens (tertiary/aromatic N) is 2. The summed E-state index contributed by atoms with van der Waals surface area (Å²) in [4.78, 5) is 27.0. The Labute approximate surface area is 196 Å². The maximum absolute atomic E-state index is 13.3. The van der Waals surface area contributed by atoms with Crippen molar-refractivity contribution < 1.29 is 18.0 Å². The lowest BCUT2D eigenvalue weighted by atomic mass is 10.1. The highest BCUT2D eigenvalue weighted by atomic mass is 79.9. The monoisotopic (exact) mass is 529 g/mol. The molecule has 1 atom stereocenters. The standard InChI is InChI=1S/C21H25BrClN3O4S/c1-14-10-18(23)8-9-19(14)26(31(4,29)30)13-20(27)25(15(2)21(28)24-3)12-16-6-5-7-17(22)11-16/h5-11,15H,12-13H2,1-4H3,(H,24,28). The highest BCUT2D eigenvalue weighted by Gasteiger charge is 2.30. The molecule has 2 rings (SSSR count). The van der Waals surface area contributed by atoms with E-state index in [4.69, 9.17) is 11.6 Å². The van der Waals surface area contributed by atoms with Crippen molar-refractivity contribution in [3.8, 4) is 0 Å². The van der Waals surface area contributed by atoms with Crippen molar-refractivity contribution in [2.45, 2.75) is 26.4 Å². The molecule has 0 heterocycles. The van der Waals surface area contributed by atoms with Gasteiger partial charge in [0.1, 0.15) is 12.6 Å². The van der Waals surface area contributed by atoms with Gasteiger partial charge in [-0.1, -0.05) is 39.7 Å². The SMILES string of the molecule is CNC(=O)C(C)N(Cc1cccc(Br)c1)C(=O)CN(c1ccc(Cl)cc1C)S(C)(=O)=O. The Balaban J connectivity index is 2.42. The topological polar surface area (TPSA) is 86.8 Å². The van der Waals surface area contributed by atoms with Crippen LogP contribution in [-0.4, -0.2) is 51.0 Å². The number of rotatable bonds is 8. The summed E-state index contributed by atoms with van der Waals surface area (Å²) in [6.07, 6.45) is 1.04. The van der Waals surface area contributed by atoms with Gasteiger partial charge in [0.05, 0.1) is 11.9 Å². The van der Waals surface area contributed by atoms with E-state index in [1.54, 1.807) is 32.0 Å². The summed E-state index contributed by atoms with van der Waals surface area (Å²) >= 11 is 9.39. The Hall–Kier alpha value is -2.10. The molecule has 0 spiro atoms. The minimum Gasteiger partial charge on any atom is -0.357 e. The molecule has 0 aliphatic carbocycles. The van der Waals surface area contributed by atoms with E-state index in [0.717, 1.165) is 20.6 Å². The number of benzene rings is 2. The van der Waals surface area contributed by atoms with Crippen molar-refractivity contribution in [1.29, 1.82) is 0 Å². The third-order valence-electron chi connectivity index (χ3n) is 4.76. The van der Waals surface area contributed by atoms with Gasteiger partial charge in [-0.2, -0.15) is 0 Å². The molecule has 31 heavy (non-hydrogen) atoms. The quantitative estimate of drug-likeness (QED) is 0.567. The fraction of sp³-hybridized carbons (Fsp3) is 0.333. The van der Waals surface area contributed by atoms with Crippen LogP contribution in [0.15, 0.2) is 46.9 Å². The van der Waals surface area contributed by atoms with E-state index < -0.39 is 28.5 Å². The van der Waals surface area contributed by atoms with Crippen LogP contribution in [-0.2, 0) is 26.2 Å². The maximum Gasteiger partial charge on any atom is 0.244 e. The van der Waals surface area contributed by atoms with Crippen molar-refractivity contribution in [3.05, 3.63) is 63.1 Å². The predicted molar refractivity (Wildman–Crippen MR) is 127 cm³/mol. The zero-order chi connectivity index (χ0) is 23.3. The number of hydrogen-bond acceptors (Lipinski definition) is 4. The molecule has 2 aromatic rings. The van der Waals surface area contributed by atoms with Crippen molar-refractivity contribution >= 4 is 55.1 Å². The Morgan fingerprint density at radius 1 is 1.19 bits per heavy atom. The van der Waals surface area contributed by atoms with Gasteiger partial charge in [0, 0.05) is 23.1 Å². The van der Waals surface area contributed by atoms with E-state index in [9.17, 15) is 18.0 Å². The van der Waals surface area contributed by atoms with Crippen molar-refractivity contribution in [2.75, 3.05) is 24.2 Å². The minimum absolute atomic E-state index is 0.143. The molecule has 0 aliphatic rings. The molecule has 1 N–H and O–H groups in total. The molecule has 2 amide bonds. The van der Waals surface area contributed by atoms with Crippen molar-refractivity contribution in [1.82, 2.24) is 10.2 Å². The summed E-state index contributed by atoms with van der Waals surface area (Å²) in [6, 6.07) is 11.3. The zero-order valence-corrected chi connectivity index (χ0v) is 20.9. The van der Waals surface area contributed by atoms with Gasteiger partial charge in [-0.25, -0.2) is 8.42 Å². The highest BCUT2D eigenvalue weighted by molar-refractivity contribution is 9.10. The van der Waals surface area contributed by atoms with Crippen LogP contribution in [0.25, 0.3) is 0 Å². The molecule has 0 fully saturated rings. The molecule has 1 unspecified atom stereocenters. The highest BCUT2D eigenvalue weighted by Crippen LogP contribution is 2.26. The van der Waals surface area contributed by atoms with Crippen LogP contribution in [0.3, 0.4) is 0 Å². The third kappa shape index (κ3) is 6.69. The normalized spacial score (nSPS) is 12.2. The van der Waals surface area contributed by atoms with Gasteiger partial charge in [0.2, 0.25) is 21.8 Å². The van der Waals surface area contributed by atoms with Crippen LogP contribution in [0.5, 0.6) is 0 Å². The van der Waals surface area contributed by atoms with Gasteiger partial charge >= 0.3 is 0 Å². The van der Waals surface area contributed by atoms with Gasteiger partial charge in [-0.3, -0.25) is 13.9 Å². The number of amides is 2. The second kappa shape index (κ2) is 10.5. The molecule has 2 aromatic carbocycles. The predicted octanol–water partition coefficient (Wildman–Crippen LogP) is 3.34. The molecule has 0 radical (unpaired) electrons. The lowest BCUT2D eigenvalue weighted by Crippen LogP contribution is -2.50. The van der Waals surface area contributed by atoms with Gasteiger partial charge in [-0.15, -0.1) is 0 Å². The third-order valence-corrected chi connectivity index (χ3v) is 6.62. The van der Waals surface area contributed by atoms with Gasteiger partial charge < -0.3 is 10.2 Å². The summed E-state index contributed by atoms with van der Waals surface area (Å²) in [6.45, 7) is 3.02. The largest absolute Gasteiger partial charge is 0.357 e. The number of carbonyl (C=O) groups excluding carboxylic acids is 2. The summed E-state index contributed by atoms with van der Waals surface area (Å²) in [5.74, 6) is -0.854. The molecule has 0 aromatic heterocycles. The van der Waals surface area contributed by atoms with Gasteiger partial charge in [0.25, 0.3) is 0 Å². The first kappa shape index (κ1) is 25.2. The molecule has 168 valence electrons. The summed E-state index contributed by atoms with van der Waals surface area (Å²) in [5, 5.41) is 3.00. The van der Waals surface area contributed by atoms with Gasteiger partial charge in [0.15, 0.2) is 0 Å². The van der Waals surface area contributed by atoms with Crippen LogP contribution in [0.4, 0.5) is 5.69 Å². The Morgan fingerprint density at radius 3 is 2.42 bits per heavy atom. The average molecular weight is 531 g/mol. The summed E-state index contributed by atoms with van der Waals surface area (Å²) in [5.41, 5.74) is 1.77. The maximum atomic E-state index is 13.3. The smallest absolute Gasteiger partial charge is 0.244 e. The zero-order valence-electron chi connectivity index (χ0n) is 17.7. The molecule has 10 heteroatoms. The van der Waals surface area contributed by atoms with E-state index in [1.807, 2.05) is 24.3 Å². The molecular formula is C21H25BrClN3O4S. The number of carbonyl (C=O) groups is 2. The lowest BCUT2D eigenvalue weighted by molar-refractivity contribution is -0.139. The van der Waals surface area contributed by atoms with E-state index >= 15 is 0 Å². The molecular weight excluding hydrogens is 506 g/mol. The number of sulfonamides is 1. The number of nitrogens with one attached hydrogen (secondary N) is 1. The number of likely N-dealkylation sites (N-methyl/N-ethyl adjacent to an activating group) is 1. The van der Waals surface area contributed by atoms with Gasteiger partial charge in [-0.05, 0) is 55.3 Å². The molecule has 0 saturated heterocycles. The first-order valence-electron chi connectivity index (χ1n) is 9.43. The summed E-state index contributed by atoms with van der Waals surface area (Å²) in [7, 11) is -2.29. The van der Waals surface area contributed by atoms with E-state index in [1.165, 1.54) is 11.9 Å². The van der Waals surface area contributed by atoms with Crippen molar-refractivity contribution in [2.24, 2.45) is 0 Å². The van der Waals surface area contributed by atoms with Crippen LogP contribution in [0, 0.1) is 6.92 Å². The van der Waals surface area contributed by atoms with E-state index in [2.05, 4.69) is 21.2 Å². The first-order valence-corrected chi connectivity index (χ1v) is 12.5. The number of hydrogen-bond donors (Lipinski definition) is 1. The first-order chi connectivity index (χ1) is 14.4. The van der Waals surface area contributed by atoms with Crippen LogP contribution in [0.1, 0.15) is 18.1 Å². The lowest BCUT2D eigenvalue weighted by Gasteiger charge is -2.31. The number of aryl methyl sites for hydroxylation is 1. The molecule has 0 bridgehead atoms. The van der Waals surface area contributed by atoms with Crippen molar-refractivity contribution in [3.63, 3.8) is 0 Å². The summed E-state index contributed by atoms with van der Waals surface area (Å²) < 4.78 is 26.9. The Bertz CT molecular complexity index is 1080. The number of anilines is 1. The fourth-order valence-corrected chi connectivity index (χ4v) is 4.70. The molecule has 0 saturated carbocycles. The number of halogens is 2. The molecule has 0 aliphatic heterocycles. The second-order valence-electron chi connectivity index (χ2n) is 7.14. The Kier molecular flexibility index (Phi) is 8.50. The van der Waals surface area contributed by atoms with E-state index in [0.29, 0.717) is 16.3 Å². The minimum atomic E-state index is -3.78.